The van der Waals surface area contributed by atoms with Gasteiger partial charge in [-0.1, -0.05) is 34.8 Å². The molecule has 0 N–H and O–H groups in total. The summed E-state index contributed by atoms with van der Waals surface area (Å²) in [5, 5.41) is 1.98. The topological polar surface area (TPSA) is 30.7 Å². The fraction of sp³-hybridized carbons (Fsp3) is 0.294. The molecule has 2 aromatic heterocycles. The third kappa shape index (κ3) is 2.49. The lowest BCUT2D eigenvalue weighted by molar-refractivity contribution is 0.408. The molecule has 3 nitrogen and oxygen atoms in total. The lowest BCUT2D eigenvalue weighted by atomic mass is 10.0. The maximum Gasteiger partial charge on any atom is 0.145 e. The predicted octanol–water partition coefficient (Wildman–Crippen LogP) is 5.47. The standard InChI is InChI=1S/C17H17Cl2N3/c1-10-5-6-13(18)11(7-10)12-8-22(17(2,3)4)16-14(12)15(19)20-9-21-16/h5-9H,1-4H3. The van der Waals surface area contributed by atoms with Crippen molar-refractivity contribution in [2.45, 2.75) is 33.2 Å². The van der Waals surface area contributed by atoms with Crippen LogP contribution in [0.15, 0.2) is 30.7 Å². The SMILES string of the molecule is Cc1ccc(Cl)c(-c2cn(C(C)(C)C)c3ncnc(Cl)c23)c1. The number of hydrogen-bond donors (Lipinski definition) is 0. The molecule has 0 saturated carbocycles. The van der Waals surface area contributed by atoms with E-state index in [1.807, 2.05) is 19.1 Å². The molecule has 5 heteroatoms. The maximum atomic E-state index is 6.41. The maximum absolute atomic E-state index is 6.41. The van der Waals surface area contributed by atoms with Crippen molar-refractivity contribution in [3.8, 4) is 11.1 Å². The number of fused-ring (bicyclic) bond motifs is 1. The monoisotopic (exact) mass is 333 g/mol. The largest absolute Gasteiger partial charge is 0.326 e. The summed E-state index contributed by atoms with van der Waals surface area (Å²) in [4.78, 5) is 8.57. The molecule has 0 fully saturated rings. The van der Waals surface area contributed by atoms with Crippen LogP contribution in [0.3, 0.4) is 0 Å². The number of aromatic nitrogens is 3. The summed E-state index contributed by atoms with van der Waals surface area (Å²) >= 11 is 12.8. The van der Waals surface area contributed by atoms with Gasteiger partial charge in [0.2, 0.25) is 0 Å². The van der Waals surface area contributed by atoms with Crippen molar-refractivity contribution in [1.82, 2.24) is 14.5 Å². The summed E-state index contributed by atoms with van der Waals surface area (Å²) in [7, 11) is 0. The Morgan fingerprint density at radius 2 is 1.77 bits per heavy atom. The Labute approximate surface area is 139 Å². The molecule has 0 aliphatic heterocycles. The third-order valence-corrected chi connectivity index (χ3v) is 4.29. The zero-order chi connectivity index (χ0) is 16.1. The van der Waals surface area contributed by atoms with Gasteiger partial charge >= 0.3 is 0 Å². The summed E-state index contributed by atoms with van der Waals surface area (Å²) < 4.78 is 2.11. The van der Waals surface area contributed by atoms with Crippen LogP contribution in [0, 0.1) is 6.92 Å². The first-order valence-corrected chi connectivity index (χ1v) is 7.83. The van der Waals surface area contributed by atoms with Crippen molar-refractivity contribution in [2.24, 2.45) is 0 Å². The molecule has 0 aliphatic carbocycles. The fourth-order valence-electron chi connectivity index (χ4n) is 2.59. The van der Waals surface area contributed by atoms with Crippen molar-refractivity contribution < 1.29 is 0 Å². The van der Waals surface area contributed by atoms with Crippen molar-refractivity contribution in [1.29, 1.82) is 0 Å². The van der Waals surface area contributed by atoms with Crippen molar-refractivity contribution in [2.75, 3.05) is 0 Å². The van der Waals surface area contributed by atoms with E-state index in [1.165, 1.54) is 6.33 Å². The number of hydrogen-bond acceptors (Lipinski definition) is 2. The van der Waals surface area contributed by atoms with Gasteiger partial charge in [-0.2, -0.15) is 0 Å². The molecule has 2 heterocycles. The average molecular weight is 334 g/mol. The average Bonchev–Trinajstić information content (AvgIpc) is 2.82. The number of benzene rings is 1. The minimum Gasteiger partial charge on any atom is -0.326 e. The second-order valence-corrected chi connectivity index (χ2v) is 7.20. The molecule has 0 amide bonds. The van der Waals surface area contributed by atoms with Crippen molar-refractivity contribution in [3.63, 3.8) is 0 Å². The Hall–Kier alpha value is -1.58. The highest BCUT2D eigenvalue weighted by Crippen LogP contribution is 2.39. The number of halogens is 2. The van der Waals surface area contributed by atoms with Crippen LogP contribution < -0.4 is 0 Å². The van der Waals surface area contributed by atoms with E-state index in [9.17, 15) is 0 Å². The van der Waals surface area contributed by atoms with Gasteiger partial charge in [0.05, 0.1) is 5.39 Å². The summed E-state index contributed by atoms with van der Waals surface area (Å²) in [6.07, 6.45) is 3.56. The molecular formula is C17H17Cl2N3. The first kappa shape index (κ1) is 15.3. The molecule has 3 rings (SSSR count). The van der Waals surface area contributed by atoms with Crippen LogP contribution >= 0.6 is 23.2 Å². The predicted molar refractivity (Wildman–Crippen MR) is 92.7 cm³/mol. The molecule has 114 valence electrons. The van der Waals surface area contributed by atoms with Crippen LogP contribution in [0.2, 0.25) is 10.2 Å². The molecule has 0 bridgehead atoms. The number of rotatable bonds is 1. The molecule has 0 saturated heterocycles. The van der Waals surface area contributed by atoms with Crippen LogP contribution in [0.4, 0.5) is 0 Å². The van der Waals surface area contributed by atoms with Crippen molar-refractivity contribution in [3.05, 3.63) is 46.5 Å². The van der Waals surface area contributed by atoms with Crippen molar-refractivity contribution >= 4 is 34.2 Å². The first-order valence-electron chi connectivity index (χ1n) is 7.07. The summed E-state index contributed by atoms with van der Waals surface area (Å²) in [5.41, 5.74) is 3.75. The van der Waals surface area contributed by atoms with Gasteiger partial charge in [-0.25, -0.2) is 9.97 Å². The molecular weight excluding hydrogens is 317 g/mol. The molecule has 22 heavy (non-hydrogen) atoms. The number of aryl methyl sites for hydroxylation is 1. The van der Waals surface area contributed by atoms with E-state index < -0.39 is 0 Å². The second kappa shape index (κ2) is 5.25. The van der Waals surface area contributed by atoms with E-state index in [1.54, 1.807) is 0 Å². The highest BCUT2D eigenvalue weighted by Gasteiger charge is 2.23. The third-order valence-electron chi connectivity index (χ3n) is 3.67. The Balaban J connectivity index is 2.42. The smallest absolute Gasteiger partial charge is 0.145 e. The minimum atomic E-state index is -0.121. The highest BCUT2D eigenvalue weighted by atomic mass is 35.5. The molecule has 0 radical (unpaired) electrons. The Kier molecular flexibility index (Phi) is 3.66. The van der Waals surface area contributed by atoms with Crippen LogP contribution in [0.25, 0.3) is 22.2 Å². The number of nitrogens with zero attached hydrogens (tertiary/aromatic N) is 3. The highest BCUT2D eigenvalue weighted by molar-refractivity contribution is 6.36. The molecule has 1 aromatic carbocycles. The van der Waals surface area contributed by atoms with E-state index in [0.29, 0.717) is 10.2 Å². The second-order valence-electron chi connectivity index (χ2n) is 6.43. The van der Waals surface area contributed by atoms with E-state index in [2.05, 4.69) is 47.6 Å². The molecule has 0 atom stereocenters. The van der Waals surface area contributed by atoms with Crippen LogP contribution in [0.1, 0.15) is 26.3 Å². The lowest BCUT2D eigenvalue weighted by Gasteiger charge is -2.21. The van der Waals surface area contributed by atoms with E-state index in [4.69, 9.17) is 23.2 Å². The molecule has 0 aliphatic rings. The first-order chi connectivity index (χ1) is 10.3. The van der Waals surface area contributed by atoms with E-state index in [0.717, 1.165) is 27.7 Å². The van der Waals surface area contributed by atoms with Crippen LogP contribution in [0.5, 0.6) is 0 Å². The van der Waals surface area contributed by atoms with E-state index >= 15 is 0 Å². The van der Waals surface area contributed by atoms with Gasteiger partial charge in [-0.05, 0) is 39.8 Å². The van der Waals surface area contributed by atoms with Crippen LogP contribution in [-0.4, -0.2) is 14.5 Å². The summed E-state index contributed by atoms with van der Waals surface area (Å²) in [6, 6.07) is 5.96. The zero-order valence-corrected chi connectivity index (χ0v) is 14.5. The normalized spacial score (nSPS) is 12.1. The Morgan fingerprint density at radius 1 is 1.05 bits per heavy atom. The minimum absolute atomic E-state index is 0.121. The van der Waals surface area contributed by atoms with Gasteiger partial charge in [0.25, 0.3) is 0 Å². The fourth-order valence-corrected chi connectivity index (χ4v) is 3.04. The lowest BCUT2D eigenvalue weighted by Crippen LogP contribution is -2.20. The van der Waals surface area contributed by atoms with Gasteiger partial charge in [0.15, 0.2) is 0 Å². The quantitative estimate of drug-likeness (QED) is 0.553. The Morgan fingerprint density at radius 3 is 2.45 bits per heavy atom. The van der Waals surface area contributed by atoms with Gasteiger partial charge < -0.3 is 4.57 Å². The van der Waals surface area contributed by atoms with Gasteiger partial charge in [-0.3, -0.25) is 0 Å². The zero-order valence-electron chi connectivity index (χ0n) is 13.0. The molecule has 0 spiro atoms. The Bertz CT molecular complexity index is 860. The van der Waals surface area contributed by atoms with Gasteiger partial charge in [-0.15, -0.1) is 0 Å². The summed E-state index contributed by atoms with van der Waals surface area (Å²) in [6.45, 7) is 8.43. The van der Waals surface area contributed by atoms with Crippen LogP contribution in [-0.2, 0) is 5.54 Å². The van der Waals surface area contributed by atoms with Gasteiger partial charge in [0.1, 0.15) is 17.1 Å². The molecule has 3 aromatic rings. The molecule has 0 unspecified atom stereocenters. The van der Waals surface area contributed by atoms with Gasteiger partial charge in [0, 0.05) is 27.9 Å². The summed E-state index contributed by atoms with van der Waals surface area (Å²) in [5.74, 6) is 0. The van der Waals surface area contributed by atoms with E-state index in [-0.39, 0.29) is 5.54 Å².